The number of hydrogen-bond donors (Lipinski definition) is 1. The van der Waals surface area contributed by atoms with Gasteiger partial charge in [-0.3, -0.25) is 10.2 Å². The number of carbonyl (C=O) groups is 1. The van der Waals surface area contributed by atoms with Gasteiger partial charge in [-0.2, -0.15) is 15.6 Å². The van der Waals surface area contributed by atoms with E-state index in [1.165, 1.54) is 5.56 Å². The van der Waals surface area contributed by atoms with Crippen LogP contribution in [-0.2, 0) is 17.8 Å². The smallest absolute Gasteiger partial charge is 0.237 e. The van der Waals surface area contributed by atoms with Crippen LogP contribution in [0.15, 0.2) is 23.3 Å². The molecule has 6 heteroatoms. The van der Waals surface area contributed by atoms with Crippen molar-refractivity contribution < 1.29 is 4.79 Å². The van der Waals surface area contributed by atoms with E-state index in [1.54, 1.807) is 24.0 Å². The zero-order chi connectivity index (χ0) is 14.5. The van der Waals surface area contributed by atoms with Crippen LogP contribution in [0.1, 0.15) is 18.1 Å². The van der Waals surface area contributed by atoms with Crippen LogP contribution in [0.2, 0.25) is 0 Å². The second-order valence-electron chi connectivity index (χ2n) is 4.47. The first-order valence-corrected chi connectivity index (χ1v) is 6.15. The molecule has 0 fully saturated rings. The number of nitrogens with one attached hydrogen (secondary N) is 1. The quantitative estimate of drug-likeness (QED) is 0.647. The Kier molecular flexibility index (Phi) is 3.97. The fourth-order valence-corrected chi connectivity index (χ4v) is 2.09. The van der Waals surface area contributed by atoms with Crippen molar-refractivity contribution in [1.82, 2.24) is 4.90 Å². The standard InChI is InChI=1S/C14H13N5O/c1-10(20)19-5-4-11-2-3-13(6-12(11)9-19)17-18-14(7-15)8-16/h2-3,6,17H,4-5,9H2,1H3. The second-order valence-corrected chi connectivity index (χ2v) is 4.47. The van der Waals surface area contributed by atoms with E-state index in [0.717, 1.165) is 18.5 Å². The lowest BCUT2D eigenvalue weighted by Gasteiger charge is -2.28. The predicted molar refractivity (Wildman–Crippen MR) is 73.5 cm³/mol. The molecule has 1 aliphatic heterocycles. The number of benzene rings is 1. The SMILES string of the molecule is CC(=O)N1CCc2ccc(NN=C(C#N)C#N)cc2C1. The minimum absolute atomic E-state index is 0.0586. The topological polar surface area (TPSA) is 92.3 Å². The van der Waals surface area contributed by atoms with Crippen molar-refractivity contribution in [2.24, 2.45) is 5.10 Å². The Balaban J connectivity index is 2.18. The van der Waals surface area contributed by atoms with Gasteiger partial charge in [0.1, 0.15) is 12.1 Å². The molecule has 0 unspecified atom stereocenters. The molecule has 0 saturated carbocycles. The van der Waals surface area contributed by atoms with Gasteiger partial charge in [-0.05, 0) is 29.7 Å². The van der Waals surface area contributed by atoms with E-state index in [4.69, 9.17) is 10.5 Å². The first-order chi connectivity index (χ1) is 9.63. The van der Waals surface area contributed by atoms with Crippen molar-refractivity contribution in [3.63, 3.8) is 0 Å². The zero-order valence-electron chi connectivity index (χ0n) is 11.1. The molecule has 0 aromatic heterocycles. The van der Waals surface area contributed by atoms with Gasteiger partial charge in [0.05, 0.1) is 5.69 Å². The first kappa shape index (κ1) is 13.6. The zero-order valence-corrected chi connectivity index (χ0v) is 11.1. The van der Waals surface area contributed by atoms with Crippen molar-refractivity contribution in [1.29, 1.82) is 10.5 Å². The number of carbonyl (C=O) groups excluding carboxylic acids is 1. The van der Waals surface area contributed by atoms with Crippen LogP contribution < -0.4 is 5.43 Å². The molecule has 1 aromatic rings. The number of fused-ring (bicyclic) bond motifs is 1. The highest BCUT2D eigenvalue weighted by atomic mass is 16.2. The number of rotatable bonds is 2. The van der Waals surface area contributed by atoms with Gasteiger partial charge < -0.3 is 4.90 Å². The molecule has 1 aromatic carbocycles. The van der Waals surface area contributed by atoms with Crippen molar-refractivity contribution in [2.45, 2.75) is 19.9 Å². The molecule has 1 amide bonds. The number of hydrogen-bond acceptors (Lipinski definition) is 5. The lowest BCUT2D eigenvalue weighted by molar-refractivity contribution is -0.129. The molecule has 1 heterocycles. The Morgan fingerprint density at radius 1 is 1.35 bits per heavy atom. The van der Waals surface area contributed by atoms with Gasteiger partial charge in [-0.15, -0.1) is 0 Å². The third-order valence-corrected chi connectivity index (χ3v) is 3.17. The Morgan fingerprint density at radius 3 is 2.75 bits per heavy atom. The van der Waals surface area contributed by atoms with E-state index in [-0.39, 0.29) is 11.6 Å². The fourth-order valence-electron chi connectivity index (χ4n) is 2.09. The maximum Gasteiger partial charge on any atom is 0.237 e. The fraction of sp³-hybridized carbons (Fsp3) is 0.286. The molecule has 0 radical (unpaired) electrons. The maximum absolute atomic E-state index is 11.4. The second kappa shape index (κ2) is 5.85. The Morgan fingerprint density at radius 2 is 2.10 bits per heavy atom. The lowest BCUT2D eigenvalue weighted by Crippen LogP contribution is -2.34. The monoisotopic (exact) mass is 267 g/mol. The minimum Gasteiger partial charge on any atom is -0.338 e. The molecule has 1 N–H and O–H groups in total. The van der Waals surface area contributed by atoms with Crippen LogP contribution in [0.4, 0.5) is 5.69 Å². The largest absolute Gasteiger partial charge is 0.338 e. The van der Waals surface area contributed by atoms with Crippen molar-refractivity contribution in [3.8, 4) is 12.1 Å². The summed E-state index contributed by atoms with van der Waals surface area (Å²) in [5.41, 5.74) is 5.41. The summed E-state index contributed by atoms with van der Waals surface area (Å²) in [4.78, 5) is 13.2. The number of nitrogens with zero attached hydrogens (tertiary/aromatic N) is 4. The van der Waals surface area contributed by atoms with Gasteiger partial charge in [0.25, 0.3) is 0 Å². The normalized spacial score (nSPS) is 12.7. The van der Waals surface area contributed by atoms with Gasteiger partial charge in [0.2, 0.25) is 11.6 Å². The van der Waals surface area contributed by atoms with Gasteiger partial charge in [-0.25, -0.2) is 0 Å². The van der Waals surface area contributed by atoms with Crippen molar-refractivity contribution in [2.75, 3.05) is 12.0 Å². The molecule has 6 nitrogen and oxygen atoms in total. The van der Waals surface area contributed by atoms with Crippen LogP contribution in [0, 0.1) is 22.7 Å². The van der Waals surface area contributed by atoms with Gasteiger partial charge in [0, 0.05) is 20.0 Å². The van der Waals surface area contributed by atoms with E-state index >= 15 is 0 Å². The summed E-state index contributed by atoms with van der Waals surface area (Å²) in [5, 5.41) is 20.9. The van der Waals surface area contributed by atoms with E-state index in [1.807, 2.05) is 18.2 Å². The molecule has 100 valence electrons. The number of nitriles is 2. The third-order valence-electron chi connectivity index (χ3n) is 3.17. The summed E-state index contributed by atoms with van der Waals surface area (Å²) >= 11 is 0. The van der Waals surface area contributed by atoms with Crippen LogP contribution in [0.25, 0.3) is 0 Å². The van der Waals surface area contributed by atoms with Gasteiger partial charge in [0.15, 0.2) is 0 Å². The lowest BCUT2D eigenvalue weighted by atomic mass is 9.99. The summed E-state index contributed by atoms with van der Waals surface area (Å²) in [6, 6.07) is 9.07. The highest BCUT2D eigenvalue weighted by Crippen LogP contribution is 2.22. The van der Waals surface area contributed by atoms with E-state index in [2.05, 4.69) is 10.5 Å². The highest BCUT2D eigenvalue weighted by Gasteiger charge is 2.18. The molecule has 0 saturated heterocycles. The van der Waals surface area contributed by atoms with Crippen molar-refractivity contribution >= 4 is 17.3 Å². The maximum atomic E-state index is 11.4. The van der Waals surface area contributed by atoms with Gasteiger partial charge in [-0.1, -0.05) is 6.07 Å². The minimum atomic E-state index is -0.229. The number of hydrazone groups is 1. The molecule has 1 aliphatic rings. The molecular formula is C14H13N5O. The molecule has 0 spiro atoms. The van der Waals surface area contributed by atoms with Crippen LogP contribution in [0.3, 0.4) is 0 Å². The third kappa shape index (κ3) is 2.93. The molecule has 0 atom stereocenters. The molecule has 2 rings (SSSR count). The average Bonchev–Trinajstić information content (AvgIpc) is 2.47. The molecule has 0 bridgehead atoms. The summed E-state index contributed by atoms with van der Waals surface area (Å²) in [7, 11) is 0. The highest BCUT2D eigenvalue weighted by molar-refractivity contribution is 6.10. The molecular weight excluding hydrogens is 254 g/mol. The Labute approximate surface area is 116 Å². The first-order valence-electron chi connectivity index (χ1n) is 6.15. The summed E-state index contributed by atoms with van der Waals surface area (Å²) in [5.74, 6) is 0.0586. The van der Waals surface area contributed by atoms with E-state index in [9.17, 15) is 4.79 Å². The van der Waals surface area contributed by atoms with Gasteiger partial charge >= 0.3 is 0 Å². The van der Waals surface area contributed by atoms with Crippen LogP contribution in [0.5, 0.6) is 0 Å². The number of amides is 1. The summed E-state index contributed by atoms with van der Waals surface area (Å²) < 4.78 is 0. The Bertz CT molecular complexity index is 635. The predicted octanol–water partition coefficient (Wildman–Crippen LogP) is 1.41. The van der Waals surface area contributed by atoms with Crippen LogP contribution in [-0.4, -0.2) is 23.1 Å². The molecule has 20 heavy (non-hydrogen) atoms. The Hall–Kier alpha value is -2.86. The van der Waals surface area contributed by atoms with E-state index < -0.39 is 0 Å². The average molecular weight is 267 g/mol. The molecule has 0 aliphatic carbocycles. The number of anilines is 1. The van der Waals surface area contributed by atoms with Crippen LogP contribution >= 0.6 is 0 Å². The van der Waals surface area contributed by atoms with Crippen molar-refractivity contribution in [3.05, 3.63) is 29.3 Å². The summed E-state index contributed by atoms with van der Waals surface area (Å²) in [6.45, 7) is 2.87. The van der Waals surface area contributed by atoms with E-state index in [0.29, 0.717) is 12.2 Å². The summed E-state index contributed by atoms with van der Waals surface area (Å²) in [6.07, 6.45) is 0.833.